The largest absolute Gasteiger partial charge is 0.465 e. The number of rotatable bonds is 4. The summed E-state index contributed by atoms with van der Waals surface area (Å²) >= 11 is 0. The van der Waals surface area contributed by atoms with Crippen LogP contribution in [0.25, 0.3) is 0 Å². The van der Waals surface area contributed by atoms with Crippen molar-refractivity contribution in [2.24, 2.45) is 5.92 Å². The van der Waals surface area contributed by atoms with Crippen LogP contribution in [0.2, 0.25) is 0 Å². The summed E-state index contributed by atoms with van der Waals surface area (Å²) in [5.74, 6) is -0.573. The van der Waals surface area contributed by atoms with Gasteiger partial charge in [0.25, 0.3) is 5.69 Å². The highest BCUT2D eigenvalue weighted by Gasteiger charge is 2.26. The molecule has 0 unspecified atom stereocenters. The van der Waals surface area contributed by atoms with Gasteiger partial charge in [-0.15, -0.1) is 0 Å². The third-order valence-corrected chi connectivity index (χ3v) is 3.29. The van der Waals surface area contributed by atoms with Gasteiger partial charge in [0.2, 0.25) is 0 Å². The van der Waals surface area contributed by atoms with Crippen molar-refractivity contribution in [2.45, 2.75) is 6.42 Å². The molecule has 1 aromatic rings. The Balaban J connectivity index is 1.98. The number of amides is 1. The third-order valence-electron chi connectivity index (χ3n) is 3.29. The number of hydrogen-bond acceptors (Lipinski definition) is 4. The lowest BCUT2D eigenvalue weighted by atomic mass is 10.1. The van der Waals surface area contributed by atoms with E-state index in [1.807, 2.05) is 0 Å². The molecule has 2 N–H and O–H groups in total. The van der Waals surface area contributed by atoms with Crippen molar-refractivity contribution in [3.05, 3.63) is 34.1 Å². The number of halogens is 1. The number of nitrogens with zero attached hydrogens (tertiary/aromatic N) is 2. The number of hydrogen-bond donors (Lipinski definition) is 2. The van der Waals surface area contributed by atoms with Gasteiger partial charge in [-0.05, 0) is 24.5 Å². The molecule has 0 saturated carbocycles. The molecule has 1 aliphatic heterocycles. The Hall–Kier alpha value is -2.38. The number of nitro benzene ring substituents is 1. The Labute approximate surface area is 114 Å². The predicted octanol–water partition coefficient (Wildman–Crippen LogP) is 2.15. The molecule has 108 valence electrons. The van der Waals surface area contributed by atoms with E-state index in [9.17, 15) is 19.3 Å². The molecule has 1 heterocycles. The van der Waals surface area contributed by atoms with Crippen LogP contribution in [0.4, 0.5) is 20.6 Å². The Kier molecular flexibility index (Phi) is 4.02. The summed E-state index contributed by atoms with van der Waals surface area (Å²) in [6, 6.07) is 3.32. The van der Waals surface area contributed by atoms with Crippen LogP contribution in [0.1, 0.15) is 6.42 Å². The fourth-order valence-corrected chi connectivity index (χ4v) is 2.23. The van der Waals surface area contributed by atoms with Crippen molar-refractivity contribution in [1.82, 2.24) is 4.90 Å². The molecule has 8 heteroatoms. The molecule has 0 bridgehead atoms. The number of nitro groups is 1. The average molecular weight is 283 g/mol. The normalized spacial score (nSPS) is 18.1. The Morgan fingerprint density at radius 3 is 2.95 bits per heavy atom. The molecule has 1 aromatic carbocycles. The Morgan fingerprint density at radius 2 is 2.35 bits per heavy atom. The van der Waals surface area contributed by atoms with Crippen LogP contribution in [0.15, 0.2) is 18.2 Å². The van der Waals surface area contributed by atoms with Crippen LogP contribution in [0.5, 0.6) is 0 Å². The lowest BCUT2D eigenvalue weighted by molar-refractivity contribution is -0.384. The quantitative estimate of drug-likeness (QED) is 0.652. The molecule has 1 aliphatic rings. The van der Waals surface area contributed by atoms with Gasteiger partial charge in [0.05, 0.1) is 11.0 Å². The minimum atomic E-state index is -0.958. The van der Waals surface area contributed by atoms with Crippen LogP contribution in [-0.2, 0) is 0 Å². The van der Waals surface area contributed by atoms with Gasteiger partial charge in [0.15, 0.2) is 0 Å². The fraction of sp³-hybridized carbons (Fsp3) is 0.417. The number of anilines is 1. The monoisotopic (exact) mass is 283 g/mol. The lowest BCUT2D eigenvalue weighted by Crippen LogP contribution is -2.27. The Bertz CT molecular complexity index is 537. The van der Waals surface area contributed by atoms with Gasteiger partial charge < -0.3 is 15.3 Å². The number of carboxylic acid groups (broad SMARTS) is 1. The van der Waals surface area contributed by atoms with Gasteiger partial charge in [-0.1, -0.05) is 0 Å². The summed E-state index contributed by atoms with van der Waals surface area (Å²) in [7, 11) is 0. The molecule has 20 heavy (non-hydrogen) atoms. The van der Waals surface area contributed by atoms with E-state index < -0.39 is 16.8 Å². The van der Waals surface area contributed by atoms with Crippen LogP contribution in [-0.4, -0.2) is 40.7 Å². The maximum atomic E-state index is 13.0. The van der Waals surface area contributed by atoms with Crippen molar-refractivity contribution < 1.29 is 19.2 Å². The van der Waals surface area contributed by atoms with Crippen molar-refractivity contribution in [3.8, 4) is 0 Å². The molecule has 0 spiro atoms. The summed E-state index contributed by atoms with van der Waals surface area (Å²) < 4.78 is 13.0. The molecule has 7 nitrogen and oxygen atoms in total. The molecule has 1 fully saturated rings. The zero-order chi connectivity index (χ0) is 14.7. The first-order valence-electron chi connectivity index (χ1n) is 6.13. The van der Waals surface area contributed by atoms with Gasteiger partial charge in [-0.2, -0.15) is 0 Å². The van der Waals surface area contributed by atoms with Gasteiger partial charge in [-0.3, -0.25) is 10.1 Å². The first-order chi connectivity index (χ1) is 9.47. The molecule has 0 radical (unpaired) electrons. The van der Waals surface area contributed by atoms with Gasteiger partial charge >= 0.3 is 6.09 Å². The van der Waals surface area contributed by atoms with Crippen molar-refractivity contribution in [2.75, 3.05) is 25.0 Å². The molecule has 1 atom stereocenters. The molecule has 0 aliphatic carbocycles. The molecule has 2 rings (SSSR count). The van der Waals surface area contributed by atoms with E-state index in [2.05, 4.69) is 5.32 Å². The maximum Gasteiger partial charge on any atom is 0.407 e. The van der Waals surface area contributed by atoms with Crippen molar-refractivity contribution >= 4 is 17.5 Å². The van der Waals surface area contributed by atoms with E-state index in [-0.39, 0.29) is 17.3 Å². The average Bonchev–Trinajstić information content (AvgIpc) is 2.86. The standard InChI is InChI=1S/C12H14FN3O4/c13-9-1-2-10(11(5-9)16(19)20)14-6-8-3-4-15(7-8)12(17)18/h1-2,5,8,14H,3-4,6-7H2,(H,17,18)/t8-/m0/s1. The first kappa shape index (κ1) is 14.0. The van der Waals surface area contributed by atoms with Gasteiger partial charge in [0, 0.05) is 19.6 Å². The van der Waals surface area contributed by atoms with E-state index in [1.54, 1.807) is 0 Å². The number of benzene rings is 1. The molecule has 0 aromatic heterocycles. The molecular formula is C12H14FN3O4. The summed E-state index contributed by atoms with van der Waals surface area (Å²) in [5.41, 5.74) is -0.0803. The highest BCUT2D eigenvalue weighted by atomic mass is 19.1. The van der Waals surface area contributed by atoms with Crippen molar-refractivity contribution in [1.29, 1.82) is 0 Å². The highest BCUT2D eigenvalue weighted by Crippen LogP contribution is 2.26. The van der Waals surface area contributed by atoms with E-state index in [1.165, 1.54) is 11.0 Å². The van der Waals surface area contributed by atoms with E-state index in [4.69, 9.17) is 5.11 Å². The minimum Gasteiger partial charge on any atom is -0.465 e. The van der Waals surface area contributed by atoms with Gasteiger partial charge in [-0.25, -0.2) is 9.18 Å². The third kappa shape index (κ3) is 3.14. The van der Waals surface area contributed by atoms with Gasteiger partial charge in [0.1, 0.15) is 11.5 Å². The minimum absolute atomic E-state index is 0.0933. The maximum absolute atomic E-state index is 13.0. The summed E-state index contributed by atoms with van der Waals surface area (Å²) in [4.78, 5) is 22.3. The highest BCUT2D eigenvalue weighted by molar-refractivity contribution is 5.65. The van der Waals surface area contributed by atoms with Crippen molar-refractivity contribution in [3.63, 3.8) is 0 Å². The first-order valence-corrected chi connectivity index (χ1v) is 6.13. The molecular weight excluding hydrogens is 269 g/mol. The number of likely N-dealkylation sites (tertiary alicyclic amines) is 1. The second kappa shape index (κ2) is 5.72. The van der Waals surface area contributed by atoms with E-state index in [0.29, 0.717) is 26.1 Å². The summed E-state index contributed by atoms with van der Waals surface area (Å²) in [5, 5.41) is 22.6. The molecule has 1 saturated heterocycles. The zero-order valence-electron chi connectivity index (χ0n) is 10.6. The zero-order valence-corrected chi connectivity index (χ0v) is 10.6. The lowest BCUT2D eigenvalue weighted by Gasteiger charge is -2.13. The van der Waals surface area contributed by atoms with Crippen LogP contribution < -0.4 is 5.32 Å². The second-order valence-corrected chi connectivity index (χ2v) is 4.68. The van der Waals surface area contributed by atoms with E-state index in [0.717, 1.165) is 12.1 Å². The predicted molar refractivity (Wildman–Crippen MR) is 69.2 cm³/mol. The number of nitrogens with one attached hydrogen (secondary N) is 1. The van der Waals surface area contributed by atoms with Crippen LogP contribution >= 0.6 is 0 Å². The second-order valence-electron chi connectivity index (χ2n) is 4.68. The van der Waals surface area contributed by atoms with E-state index >= 15 is 0 Å². The number of carbonyl (C=O) groups is 1. The summed E-state index contributed by atoms with van der Waals surface area (Å²) in [6.45, 7) is 1.28. The van der Waals surface area contributed by atoms with Crippen LogP contribution in [0.3, 0.4) is 0 Å². The fourth-order valence-electron chi connectivity index (χ4n) is 2.23. The SMILES string of the molecule is O=C(O)N1CC[C@@H](CNc2ccc(F)cc2[N+](=O)[O-])C1. The van der Waals surface area contributed by atoms with Crippen LogP contribution in [0, 0.1) is 21.8 Å². The smallest absolute Gasteiger partial charge is 0.407 e. The topological polar surface area (TPSA) is 95.7 Å². The summed E-state index contributed by atoms with van der Waals surface area (Å²) in [6.07, 6.45) is -0.255. The molecule has 1 amide bonds. The Morgan fingerprint density at radius 1 is 1.60 bits per heavy atom.